The van der Waals surface area contributed by atoms with Crippen molar-refractivity contribution in [1.29, 1.82) is 0 Å². The molecular formula is C38H39F6N3O5. The molecule has 0 aliphatic rings. The standard InChI is InChI=1S/C38H39F6N3O5/c1-20(34(37(39,40)41)24-5-8-31-23(13-24)11-12-50-31)46-18-29-16-26-14-25(6-9-32(26)51-29)35(48)21(2)47-19-30-17-27-15-28(7-10-33(27)52-30)36(49,22(3)45-4)38(42,43)44/h5-17,20-22,34-35,45-49H,18-19H2,1-4H3. The molecule has 0 fully saturated rings. The van der Waals surface area contributed by atoms with Crippen LogP contribution in [0.1, 0.15) is 61.0 Å². The Balaban J connectivity index is 1.10. The highest BCUT2D eigenvalue weighted by Gasteiger charge is 2.58. The number of likely N-dealkylation sites (N-methyl/N-ethyl adjacent to an activating group) is 1. The number of aliphatic hydroxyl groups excluding tert-OH is 1. The zero-order valence-electron chi connectivity index (χ0n) is 28.7. The molecule has 6 aromatic rings. The monoisotopic (exact) mass is 731 g/mol. The van der Waals surface area contributed by atoms with E-state index < -0.39 is 48.1 Å². The van der Waals surface area contributed by atoms with E-state index in [1.54, 1.807) is 43.3 Å². The first-order valence-electron chi connectivity index (χ1n) is 16.7. The maximum atomic E-state index is 14.2. The number of rotatable bonds is 13. The molecule has 0 aliphatic heterocycles. The van der Waals surface area contributed by atoms with Gasteiger partial charge in [0, 0.05) is 34.3 Å². The lowest BCUT2D eigenvalue weighted by Gasteiger charge is -2.36. The van der Waals surface area contributed by atoms with Gasteiger partial charge in [-0.25, -0.2) is 0 Å². The Kier molecular flexibility index (Phi) is 10.2. The molecule has 14 heteroatoms. The fraction of sp³-hybridized carbons (Fsp3) is 0.368. The topological polar surface area (TPSA) is 116 Å². The largest absolute Gasteiger partial charge is 0.464 e. The number of hydrogen-bond acceptors (Lipinski definition) is 8. The molecule has 3 aromatic carbocycles. The van der Waals surface area contributed by atoms with Crippen LogP contribution < -0.4 is 16.0 Å². The zero-order valence-corrected chi connectivity index (χ0v) is 28.7. The fourth-order valence-electron chi connectivity index (χ4n) is 6.66. The minimum absolute atomic E-state index is 0.0369. The molecule has 6 unspecified atom stereocenters. The summed E-state index contributed by atoms with van der Waals surface area (Å²) in [6, 6.07) is 15.5. The smallest absolute Gasteiger partial charge is 0.422 e. The van der Waals surface area contributed by atoms with Gasteiger partial charge in [-0.2, -0.15) is 26.3 Å². The van der Waals surface area contributed by atoms with Crippen molar-refractivity contribution in [3.05, 3.63) is 107 Å². The molecule has 6 rings (SSSR count). The summed E-state index contributed by atoms with van der Waals surface area (Å²) in [5.74, 6) is -0.937. The predicted octanol–water partition coefficient (Wildman–Crippen LogP) is 8.32. The van der Waals surface area contributed by atoms with Crippen molar-refractivity contribution >= 4 is 32.9 Å². The molecule has 0 saturated carbocycles. The number of hydrogen-bond donors (Lipinski definition) is 5. The second-order valence-corrected chi connectivity index (χ2v) is 13.3. The average molecular weight is 732 g/mol. The predicted molar refractivity (Wildman–Crippen MR) is 183 cm³/mol. The Morgan fingerprint density at radius 3 is 1.85 bits per heavy atom. The van der Waals surface area contributed by atoms with E-state index in [9.17, 15) is 36.6 Å². The van der Waals surface area contributed by atoms with Crippen LogP contribution >= 0.6 is 0 Å². The van der Waals surface area contributed by atoms with Crippen LogP contribution in [0.4, 0.5) is 26.3 Å². The van der Waals surface area contributed by atoms with Crippen LogP contribution in [-0.2, 0) is 18.7 Å². The minimum Gasteiger partial charge on any atom is -0.464 e. The third-order valence-corrected chi connectivity index (χ3v) is 9.79. The first kappa shape index (κ1) is 37.4. The molecule has 0 spiro atoms. The van der Waals surface area contributed by atoms with Crippen molar-refractivity contribution in [1.82, 2.24) is 16.0 Å². The molecule has 6 atom stereocenters. The van der Waals surface area contributed by atoms with Crippen LogP contribution in [0.2, 0.25) is 0 Å². The van der Waals surface area contributed by atoms with Gasteiger partial charge >= 0.3 is 12.4 Å². The van der Waals surface area contributed by atoms with Crippen molar-refractivity contribution in [2.75, 3.05) is 7.05 Å². The van der Waals surface area contributed by atoms with E-state index in [2.05, 4.69) is 16.0 Å². The maximum Gasteiger partial charge on any atom is 0.422 e. The van der Waals surface area contributed by atoms with Crippen molar-refractivity contribution in [2.24, 2.45) is 0 Å². The van der Waals surface area contributed by atoms with Crippen LogP contribution in [0.3, 0.4) is 0 Å². The van der Waals surface area contributed by atoms with Gasteiger partial charge in [0.15, 0.2) is 0 Å². The summed E-state index contributed by atoms with van der Waals surface area (Å²) in [7, 11) is 1.34. The fourth-order valence-corrected chi connectivity index (χ4v) is 6.66. The summed E-state index contributed by atoms with van der Waals surface area (Å²) < 4.78 is 102. The summed E-state index contributed by atoms with van der Waals surface area (Å²) in [4.78, 5) is 0. The molecule has 3 heterocycles. The van der Waals surface area contributed by atoms with Crippen LogP contribution in [0.25, 0.3) is 32.9 Å². The summed E-state index contributed by atoms with van der Waals surface area (Å²) >= 11 is 0. The molecule has 0 bridgehead atoms. The number of aliphatic hydroxyl groups is 2. The highest BCUT2D eigenvalue weighted by molar-refractivity contribution is 5.80. The zero-order chi connectivity index (χ0) is 37.6. The van der Waals surface area contributed by atoms with E-state index in [1.807, 2.05) is 0 Å². The van der Waals surface area contributed by atoms with Crippen molar-refractivity contribution in [3.63, 3.8) is 0 Å². The molecule has 0 radical (unpaired) electrons. The van der Waals surface area contributed by atoms with Gasteiger partial charge in [0.25, 0.3) is 0 Å². The van der Waals surface area contributed by atoms with Crippen LogP contribution in [-0.4, -0.2) is 47.7 Å². The molecule has 0 amide bonds. The molecule has 52 heavy (non-hydrogen) atoms. The summed E-state index contributed by atoms with van der Waals surface area (Å²) in [5.41, 5.74) is -1.42. The van der Waals surface area contributed by atoms with E-state index in [-0.39, 0.29) is 24.2 Å². The van der Waals surface area contributed by atoms with Gasteiger partial charge in [-0.05, 0) is 99.1 Å². The van der Waals surface area contributed by atoms with E-state index in [0.717, 1.165) is 0 Å². The normalized spacial score (nSPS) is 17.0. The summed E-state index contributed by atoms with van der Waals surface area (Å²) in [6.45, 7) is 4.67. The third kappa shape index (κ3) is 7.30. The number of furan rings is 3. The number of nitrogens with one attached hydrogen (secondary N) is 3. The first-order chi connectivity index (χ1) is 24.5. The molecule has 278 valence electrons. The summed E-state index contributed by atoms with van der Waals surface area (Å²) in [5, 5.41) is 32.1. The highest BCUT2D eigenvalue weighted by atomic mass is 19.4. The van der Waals surface area contributed by atoms with E-state index in [0.29, 0.717) is 50.0 Å². The number of alkyl halides is 6. The molecule has 0 saturated heterocycles. The van der Waals surface area contributed by atoms with Crippen LogP contribution in [0.5, 0.6) is 0 Å². The molecule has 0 aliphatic carbocycles. The van der Waals surface area contributed by atoms with Crippen molar-refractivity contribution in [3.8, 4) is 0 Å². The number of fused-ring (bicyclic) bond motifs is 3. The van der Waals surface area contributed by atoms with E-state index in [4.69, 9.17) is 13.3 Å². The first-order valence-corrected chi connectivity index (χ1v) is 16.7. The minimum atomic E-state index is -4.93. The molecular weight excluding hydrogens is 692 g/mol. The quantitative estimate of drug-likeness (QED) is 0.0754. The van der Waals surface area contributed by atoms with Gasteiger partial charge in [0.05, 0.1) is 31.4 Å². The van der Waals surface area contributed by atoms with Crippen LogP contribution in [0, 0.1) is 0 Å². The van der Waals surface area contributed by atoms with E-state index in [1.165, 1.54) is 63.6 Å². The maximum absolute atomic E-state index is 14.2. The van der Waals surface area contributed by atoms with Gasteiger partial charge < -0.3 is 39.4 Å². The lowest BCUT2D eigenvalue weighted by atomic mass is 9.86. The lowest BCUT2D eigenvalue weighted by Crippen LogP contribution is -2.55. The Morgan fingerprint density at radius 2 is 1.23 bits per heavy atom. The van der Waals surface area contributed by atoms with Gasteiger partial charge in [0.1, 0.15) is 28.3 Å². The number of halogens is 6. The molecule has 8 nitrogen and oxygen atoms in total. The molecule has 5 N–H and O–H groups in total. The van der Waals surface area contributed by atoms with Crippen molar-refractivity contribution < 1.29 is 49.8 Å². The number of benzene rings is 3. The Hall–Kier alpha value is -4.34. The highest BCUT2D eigenvalue weighted by Crippen LogP contribution is 2.43. The van der Waals surface area contributed by atoms with Crippen molar-refractivity contribution in [2.45, 2.75) is 82.0 Å². The SMILES string of the molecule is CNC(C)C(O)(c1ccc2oc(CNC(C)C(O)c3ccc4oc(CNC(C)C(c5ccc6occc6c5)C(F)(F)F)cc4c3)cc2c1)C(F)(F)F. The van der Waals surface area contributed by atoms with Gasteiger partial charge in [0.2, 0.25) is 5.60 Å². The van der Waals surface area contributed by atoms with Crippen LogP contribution in [0.15, 0.2) is 92.3 Å². The lowest BCUT2D eigenvalue weighted by molar-refractivity contribution is -0.275. The second kappa shape index (κ2) is 14.2. The van der Waals surface area contributed by atoms with E-state index >= 15 is 0 Å². The Labute approximate surface area is 294 Å². The van der Waals surface area contributed by atoms with Gasteiger partial charge in [-0.15, -0.1) is 0 Å². The summed E-state index contributed by atoms with van der Waals surface area (Å²) in [6.07, 6.45) is -8.99. The Morgan fingerprint density at radius 1 is 0.673 bits per heavy atom. The second-order valence-electron chi connectivity index (χ2n) is 13.3. The Bertz CT molecular complexity index is 2150. The van der Waals surface area contributed by atoms with Gasteiger partial charge in [-0.1, -0.05) is 18.2 Å². The average Bonchev–Trinajstić information content (AvgIpc) is 3.84. The molecule has 3 aromatic heterocycles. The third-order valence-electron chi connectivity index (χ3n) is 9.79. The van der Waals surface area contributed by atoms with Gasteiger partial charge in [-0.3, -0.25) is 0 Å².